The average molecular weight is 324 g/mol. The molecule has 23 heavy (non-hydrogen) atoms. The van der Waals surface area contributed by atoms with Gasteiger partial charge in [-0.25, -0.2) is 4.98 Å². The highest BCUT2D eigenvalue weighted by atomic mass is 35.5. The number of amides is 1. The molecule has 1 unspecified atom stereocenters. The Morgan fingerprint density at radius 3 is 2.52 bits per heavy atom. The number of benzene rings is 2. The average Bonchev–Trinajstić information content (AvgIpc) is 3.02. The first-order valence-corrected chi connectivity index (χ1v) is 7.70. The molecule has 0 aliphatic carbocycles. The number of carbonyl (C=O) groups excluding carboxylic acids is 1. The quantitative estimate of drug-likeness (QED) is 0.684. The van der Waals surface area contributed by atoms with Crippen LogP contribution in [0.15, 0.2) is 60.9 Å². The van der Waals surface area contributed by atoms with E-state index in [-0.39, 0.29) is 11.9 Å². The first-order chi connectivity index (χ1) is 11.2. The normalized spacial score (nSPS) is 16.7. The molecule has 1 aromatic heterocycles. The Hall–Kier alpha value is -2.59. The summed E-state index contributed by atoms with van der Waals surface area (Å²) in [5.41, 5.74) is 2.84. The van der Waals surface area contributed by atoms with Crippen LogP contribution in [-0.2, 0) is 0 Å². The van der Waals surface area contributed by atoms with Gasteiger partial charge in [-0.05, 0) is 17.7 Å². The van der Waals surface area contributed by atoms with Gasteiger partial charge in [0.05, 0.1) is 6.04 Å². The number of hydrogen-bond acceptors (Lipinski definition) is 2. The molecule has 0 fully saturated rings. The van der Waals surface area contributed by atoms with Crippen molar-refractivity contribution >= 4 is 23.2 Å². The maximum absolute atomic E-state index is 12.7. The molecular weight excluding hydrogens is 310 g/mol. The van der Waals surface area contributed by atoms with Gasteiger partial charge in [-0.2, -0.15) is 0 Å². The standard InChI is InChI=1S/C18H14ClN3O/c1-21-15-9-5-3-7-13(15)16(12-6-2-4-8-14(12)19)22-11-10-20-17(22)18(21)23/h2-11,16H,1H3. The van der Waals surface area contributed by atoms with Gasteiger partial charge in [0.15, 0.2) is 5.82 Å². The van der Waals surface area contributed by atoms with E-state index in [9.17, 15) is 4.79 Å². The van der Waals surface area contributed by atoms with Crippen LogP contribution in [0.25, 0.3) is 0 Å². The topological polar surface area (TPSA) is 38.1 Å². The first kappa shape index (κ1) is 14.0. The molecule has 2 heterocycles. The molecule has 2 aromatic carbocycles. The van der Waals surface area contributed by atoms with Crippen LogP contribution in [0, 0.1) is 0 Å². The van der Waals surface area contributed by atoms with E-state index in [1.165, 1.54) is 0 Å². The summed E-state index contributed by atoms with van der Waals surface area (Å²) in [6.07, 6.45) is 3.48. The van der Waals surface area contributed by atoms with Crippen LogP contribution < -0.4 is 4.90 Å². The van der Waals surface area contributed by atoms with E-state index < -0.39 is 0 Å². The van der Waals surface area contributed by atoms with Gasteiger partial charge in [0.25, 0.3) is 5.91 Å². The van der Waals surface area contributed by atoms with Crippen LogP contribution >= 0.6 is 11.6 Å². The molecule has 0 radical (unpaired) electrons. The summed E-state index contributed by atoms with van der Waals surface area (Å²) >= 11 is 6.45. The minimum Gasteiger partial charge on any atom is -0.315 e. The van der Waals surface area contributed by atoms with Gasteiger partial charge in [-0.15, -0.1) is 0 Å². The minimum atomic E-state index is -0.189. The summed E-state index contributed by atoms with van der Waals surface area (Å²) in [5, 5.41) is 0.670. The second kappa shape index (κ2) is 5.25. The van der Waals surface area contributed by atoms with Crippen molar-refractivity contribution in [3.05, 3.63) is 82.9 Å². The van der Waals surface area contributed by atoms with Gasteiger partial charge in [0.1, 0.15) is 0 Å². The molecule has 0 bridgehead atoms. The van der Waals surface area contributed by atoms with Crippen LogP contribution in [0.2, 0.25) is 5.02 Å². The van der Waals surface area contributed by atoms with Crippen molar-refractivity contribution in [2.45, 2.75) is 6.04 Å². The highest BCUT2D eigenvalue weighted by Gasteiger charge is 2.32. The van der Waals surface area contributed by atoms with Gasteiger partial charge in [0, 0.05) is 35.7 Å². The lowest BCUT2D eigenvalue weighted by molar-refractivity contribution is 0.0981. The van der Waals surface area contributed by atoms with Gasteiger partial charge < -0.3 is 9.47 Å². The predicted molar refractivity (Wildman–Crippen MR) is 90.1 cm³/mol. The van der Waals surface area contributed by atoms with Crippen molar-refractivity contribution in [2.24, 2.45) is 0 Å². The van der Waals surface area contributed by atoms with Gasteiger partial charge in [0.2, 0.25) is 0 Å². The lowest BCUT2D eigenvalue weighted by Crippen LogP contribution is -2.27. The van der Waals surface area contributed by atoms with Crippen molar-refractivity contribution < 1.29 is 4.79 Å². The molecular formula is C18H14ClN3O. The molecule has 1 aliphatic rings. The number of nitrogens with zero attached hydrogens (tertiary/aromatic N) is 3. The van der Waals surface area contributed by atoms with E-state index in [1.54, 1.807) is 18.1 Å². The first-order valence-electron chi connectivity index (χ1n) is 7.32. The smallest absolute Gasteiger partial charge is 0.294 e. The number of aromatic nitrogens is 2. The molecule has 4 nitrogen and oxygen atoms in total. The fourth-order valence-electron chi connectivity index (χ4n) is 3.13. The Bertz CT molecular complexity index is 903. The highest BCUT2D eigenvalue weighted by molar-refractivity contribution is 6.31. The number of anilines is 1. The molecule has 0 N–H and O–H groups in total. The predicted octanol–water partition coefficient (Wildman–Crippen LogP) is 3.76. The van der Waals surface area contributed by atoms with Crippen LogP contribution in [-0.4, -0.2) is 22.5 Å². The number of carbonyl (C=O) groups is 1. The number of para-hydroxylation sites is 1. The van der Waals surface area contributed by atoms with Crippen LogP contribution in [0.4, 0.5) is 5.69 Å². The molecule has 1 atom stereocenters. The Kier molecular flexibility index (Phi) is 3.20. The number of rotatable bonds is 1. The summed E-state index contributed by atoms with van der Waals surface area (Å²) in [6, 6.07) is 15.4. The number of halogens is 1. The second-order valence-corrected chi connectivity index (χ2v) is 5.91. The van der Waals surface area contributed by atoms with E-state index in [0.717, 1.165) is 16.8 Å². The summed E-state index contributed by atoms with van der Waals surface area (Å²) in [7, 11) is 1.77. The SMILES string of the molecule is CN1C(=O)c2nccn2C(c2ccccc2Cl)c2ccccc21. The maximum Gasteiger partial charge on any atom is 0.294 e. The van der Waals surface area contributed by atoms with Crippen molar-refractivity contribution in [3.63, 3.8) is 0 Å². The molecule has 0 saturated carbocycles. The van der Waals surface area contributed by atoms with Crippen LogP contribution in [0.3, 0.4) is 0 Å². The second-order valence-electron chi connectivity index (χ2n) is 5.51. The zero-order chi connectivity index (χ0) is 16.0. The van der Waals surface area contributed by atoms with Crippen molar-refractivity contribution in [1.82, 2.24) is 9.55 Å². The van der Waals surface area contributed by atoms with E-state index in [4.69, 9.17) is 11.6 Å². The molecule has 0 spiro atoms. The third-order valence-corrected chi connectivity index (χ3v) is 4.58. The van der Waals surface area contributed by atoms with Gasteiger partial charge in [-0.3, -0.25) is 4.79 Å². The number of hydrogen-bond donors (Lipinski definition) is 0. The summed E-state index contributed by atoms with van der Waals surface area (Å²) < 4.78 is 1.89. The third-order valence-electron chi connectivity index (χ3n) is 4.24. The fourth-order valence-corrected chi connectivity index (χ4v) is 3.37. The van der Waals surface area contributed by atoms with Crippen LogP contribution in [0.5, 0.6) is 0 Å². The molecule has 5 heteroatoms. The molecule has 4 rings (SSSR count). The fraction of sp³-hybridized carbons (Fsp3) is 0.111. The van der Waals surface area contributed by atoms with E-state index >= 15 is 0 Å². The maximum atomic E-state index is 12.7. The Morgan fingerprint density at radius 1 is 1.04 bits per heavy atom. The minimum absolute atomic E-state index is 0.128. The number of imidazole rings is 1. The van der Waals surface area contributed by atoms with Crippen LogP contribution in [0.1, 0.15) is 27.8 Å². The Labute approximate surface area is 138 Å². The summed E-state index contributed by atoms with van der Waals surface area (Å²) in [5.74, 6) is 0.283. The van der Waals surface area contributed by atoms with E-state index in [2.05, 4.69) is 4.98 Å². The number of fused-ring (bicyclic) bond motifs is 2. The van der Waals surface area contributed by atoms with Crippen molar-refractivity contribution in [3.8, 4) is 0 Å². The highest BCUT2D eigenvalue weighted by Crippen LogP contribution is 2.39. The third kappa shape index (κ3) is 2.06. The molecule has 1 amide bonds. The molecule has 0 saturated heterocycles. The summed E-state index contributed by atoms with van der Waals surface area (Å²) in [6.45, 7) is 0. The zero-order valence-corrected chi connectivity index (χ0v) is 13.2. The van der Waals surface area contributed by atoms with Crippen molar-refractivity contribution in [1.29, 1.82) is 0 Å². The molecule has 1 aliphatic heterocycles. The monoisotopic (exact) mass is 323 g/mol. The van der Waals surface area contributed by atoms with E-state index in [1.807, 2.05) is 59.3 Å². The lowest BCUT2D eigenvalue weighted by Gasteiger charge is -2.22. The Morgan fingerprint density at radius 2 is 1.74 bits per heavy atom. The Balaban J connectivity index is 2.07. The van der Waals surface area contributed by atoms with E-state index in [0.29, 0.717) is 10.8 Å². The van der Waals surface area contributed by atoms with Gasteiger partial charge in [-0.1, -0.05) is 48.0 Å². The lowest BCUT2D eigenvalue weighted by atomic mass is 9.96. The molecule has 114 valence electrons. The zero-order valence-electron chi connectivity index (χ0n) is 12.5. The van der Waals surface area contributed by atoms with Crippen molar-refractivity contribution in [2.75, 3.05) is 11.9 Å². The summed E-state index contributed by atoms with van der Waals surface area (Å²) in [4.78, 5) is 18.6. The molecule has 3 aromatic rings. The largest absolute Gasteiger partial charge is 0.315 e. The van der Waals surface area contributed by atoms with Gasteiger partial charge >= 0.3 is 0 Å².